The zero-order chi connectivity index (χ0) is 15.5. The lowest BCUT2D eigenvalue weighted by Gasteiger charge is -2.15. The predicted molar refractivity (Wildman–Crippen MR) is 83.8 cm³/mol. The number of sulfone groups is 1. The zero-order valence-electron chi connectivity index (χ0n) is 12.0. The summed E-state index contributed by atoms with van der Waals surface area (Å²) in [6.07, 6.45) is 3.23. The van der Waals surface area contributed by atoms with Crippen LogP contribution in [-0.2, 0) is 9.84 Å². The molecule has 7 heteroatoms. The Morgan fingerprint density at radius 1 is 1.29 bits per heavy atom. The third kappa shape index (κ3) is 3.98. The van der Waals surface area contributed by atoms with Crippen LogP contribution in [0.2, 0.25) is 0 Å². The van der Waals surface area contributed by atoms with Crippen LogP contribution in [0.25, 0.3) is 5.69 Å². The van der Waals surface area contributed by atoms with E-state index < -0.39 is 9.84 Å². The third-order valence-electron chi connectivity index (χ3n) is 3.15. The van der Waals surface area contributed by atoms with Crippen molar-refractivity contribution in [3.05, 3.63) is 47.1 Å². The van der Waals surface area contributed by atoms with Gasteiger partial charge in [-0.2, -0.15) is 0 Å². The van der Waals surface area contributed by atoms with Gasteiger partial charge in [-0.15, -0.1) is 0 Å². The smallest absolute Gasteiger partial charge is 0.330 e. The maximum atomic E-state index is 11.6. The van der Waals surface area contributed by atoms with E-state index in [2.05, 4.69) is 10.3 Å². The summed E-state index contributed by atoms with van der Waals surface area (Å²) < 4.78 is 24.6. The van der Waals surface area contributed by atoms with Crippen LogP contribution in [0.1, 0.15) is 13.8 Å². The van der Waals surface area contributed by atoms with E-state index in [9.17, 15) is 13.2 Å². The van der Waals surface area contributed by atoms with E-state index in [0.29, 0.717) is 0 Å². The first-order chi connectivity index (χ1) is 9.91. The van der Waals surface area contributed by atoms with Gasteiger partial charge in [0, 0.05) is 29.9 Å². The molecule has 1 aromatic carbocycles. The first kappa shape index (κ1) is 15.4. The molecule has 0 amide bonds. The number of hydrogen-bond donors (Lipinski definition) is 2. The van der Waals surface area contributed by atoms with Gasteiger partial charge in [0.25, 0.3) is 0 Å². The number of imidazole rings is 1. The minimum absolute atomic E-state index is 0.0997. The quantitative estimate of drug-likeness (QED) is 0.845. The van der Waals surface area contributed by atoms with Crippen LogP contribution >= 0.6 is 0 Å². The molecule has 0 bridgehead atoms. The molecule has 21 heavy (non-hydrogen) atoms. The second kappa shape index (κ2) is 6.17. The highest BCUT2D eigenvalue weighted by atomic mass is 32.2. The number of H-pyrrole nitrogens is 1. The van der Waals surface area contributed by atoms with Gasteiger partial charge in [-0.1, -0.05) is 6.92 Å². The van der Waals surface area contributed by atoms with E-state index in [1.807, 2.05) is 19.1 Å². The fourth-order valence-electron chi connectivity index (χ4n) is 2.07. The van der Waals surface area contributed by atoms with Gasteiger partial charge in [-0.05, 0) is 31.2 Å². The molecular weight excluding hydrogens is 290 g/mol. The van der Waals surface area contributed by atoms with Crippen molar-refractivity contribution in [1.82, 2.24) is 9.55 Å². The highest BCUT2D eigenvalue weighted by Gasteiger charge is 2.13. The van der Waals surface area contributed by atoms with E-state index >= 15 is 0 Å². The Balaban J connectivity index is 2.06. The van der Waals surface area contributed by atoms with Crippen molar-refractivity contribution in [3.63, 3.8) is 0 Å². The van der Waals surface area contributed by atoms with Gasteiger partial charge in [0.05, 0.1) is 11.4 Å². The Labute approximate surface area is 123 Å². The molecule has 0 saturated carbocycles. The van der Waals surface area contributed by atoms with Crippen molar-refractivity contribution in [2.45, 2.75) is 19.9 Å². The molecule has 0 fully saturated rings. The van der Waals surface area contributed by atoms with E-state index in [1.165, 1.54) is 4.57 Å². The lowest BCUT2D eigenvalue weighted by molar-refractivity contribution is 0.593. The van der Waals surface area contributed by atoms with Gasteiger partial charge in [-0.3, -0.25) is 4.57 Å². The number of rotatable bonds is 6. The summed E-state index contributed by atoms with van der Waals surface area (Å²) in [4.78, 5) is 14.1. The number of aromatic amines is 1. The van der Waals surface area contributed by atoms with Crippen molar-refractivity contribution >= 4 is 15.5 Å². The second-order valence-corrected chi connectivity index (χ2v) is 7.32. The van der Waals surface area contributed by atoms with Gasteiger partial charge in [-0.25, -0.2) is 13.2 Å². The minimum atomic E-state index is -3.00. The Morgan fingerprint density at radius 2 is 1.95 bits per heavy atom. The van der Waals surface area contributed by atoms with Crippen LogP contribution in [0.3, 0.4) is 0 Å². The average Bonchev–Trinajstić information content (AvgIpc) is 2.85. The molecule has 0 radical (unpaired) electrons. The minimum Gasteiger partial charge on any atom is -0.382 e. The Morgan fingerprint density at radius 3 is 2.48 bits per heavy atom. The molecule has 2 aromatic rings. The summed E-state index contributed by atoms with van der Waals surface area (Å²) in [6.45, 7) is 3.48. The van der Waals surface area contributed by atoms with Crippen molar-refractivity contribution in [3.8, 4) is 5.69 Å². The van der Waals surface area contributed by atoms with Gasteiger partial charge < -0.3 is 10.3 Å². The fraction of sp³-hybridized carbons (Fsp3) is 0.357. The van der Waals surface area contributed by atoms with E-state index in [4.69, 9.17) is 0 Å². The van der Waals surface area contributed by atoms with Crippen LogP contribution in [-0.4, -0.2) is 35.5 Å². The van der Waals surface area contributed by atoms with E-state index in [1.54, 1.807) is 31.5 Å². The fourth-order valence-corrected chi connectivity index (χ4v) is 3.15. The maximum Gasteiger partial charge on any atom is 0.330 e. The number of nitrogens with zero attached hydrogens (tertiary/aromatic N) is 1. The summed E-state index contributed by atoms with van der Waals surface area (Å²) >= 11 is 0. The molecule has 0 saturated heterocycles. The summed E-state index contributed by atoms with van der Waals surface area (Å²) in [6, 6.07) is 7.08. The number of anilines is 1. The molecule has 0 aliphatic carbocycles. The summed E-state index contributed by atoms with van der Waals surface area (Å²) in [5.41, 5.74) is 1.37. The van der Waals surface area contributed by atoms with Crippen molar-refractivity contribution in [2.75, 3.05) is 16.8 Å². The van der Waals surface area contributed by atoms with Crippen LogP contribution < -0.4 is 11.0 Å². The first-order valence-electron chi connectivity index (χ1n) is 6.74. The van der Waals surface area contributed by atoms with Crippen LogP contribution in [0, 0.1) is 0 Å². The molecular formula is C14H19N3O3S. The van der Waals surface area contributed by atoms with E-state index in [-0.39, 0.29) is 23.2 Å². The lowest BCUT2D eigenvalue weighted by atomic mass is 10.2. The summed E-state index contributed by atoms with van der Waals surface area (Å²) in [5, 5.41) is 3.15. The molecule has 1 unspecified atom stereocenters. The monoisotopic (exact) mass is 309 g/mol. The Kier molecular flexibility index (Phi) is 4.52. The molecule has 0 aliphatic heterocycles. The third-order valence-corrected chi connectivity index (χ3v) is 5.04. The largest absolute Gasteiger partial charge is 0.382 e. The van der Waals surface area contributed by atoms with Gasteiger partial charge in [0.15, 0.2) is 9.84 Å². The molecule has 1 atom stereocenters. The number of nitrogens with one attached hydrogen (secondary N) is 2. The predicted octanol–water partition coefficient (Wildman–Crippen LogP) is 1.40. The number of benzene rings is 1. The molecule has 0 aliphatic rings. The van der Waals surface area contributed by atoms with Crippen molar-refractivity contribution < 1.29 is 8.42 Å². The highest BCUT2D eigenvalue weighted by Crippen LogP contribution is 2.13. The van der Waals surface area contributed by atoms with Gasteiger partial charge in [0.1, 0.15) is 0 Å². The summed E-state index contributed by atoms with van der Waals surface area (Å²) in [5.74, 6) is 0.247. The van der Waals surface area contributed by atoms with Gasteiger partial charge >= 0.3 is 5.69 Å². The van der Waals surface area contributed by atoms with Crippen LogP contribution in [0.5, 0.6) is 0 Å². The average molecular weight is 309 g/mol. The molecule has 0 spiro atoms. The van der Waals surface area contributed by atoms with Crippen LogP contribution in [0.15, 0.2) is 41.5 Å². The Bertz CT molecular complexity index is 744. The van der Waals surface area contributed by atoms with Crippen molar-refractivity contribution in [1.29, 1.82) is 0 Å². The van der Waals surface area contributed by atoms with Gasteiger partial charge in [0.2, 0.25) is 0 Å². The first-order valence-corrected chi connectivity index (χ1v) is 8.57. The van der Waals surface area contributed by atoms with Crippen molar-refractivity contribution in [2.24, 2.45) is 0 Å². The SMILES string of the molecule is CCS(=O)(=O)CC(C)Nc1ccc(-n2cc[nH]c2=O)cc1. The lowest BCUT2D eigenvalue weighted by Crippen LogP contribution is -2.26. The molecule has 2 rings (SSSR count). The maximum absolute atomic E-state index is 11.6. The number of hydrogen-bond acceptors (Lipinski definition) is 4. The highest BCUT2D eigenvalue weighted by molar-refractivity contribution is 7.91. The van der Waals surface area contributed by atoms with E-state index in [0.717, 1.165) is 11.4 Å². The molecule has 114 valence electrons. The summed E-state index contributed by atoms with van der Waals surface area (Å²) in [7, 11) is -3.00. The molecule has 6 nitrogen and oxygen atoms in total. The van der Waals surface area contributed by atoms with Crippen LogP contribution in [0.4, 0.5) is 5.69 Å². The normalized spacial score (nSPS) is 13.0. The molecule has 1 aromatic heterocycles. The Hall–Kier alpha value is -2.02. The standard InChI is InChI=1S/C14H19N3O3S/c1-3-21(19,20)10-11(2)16-12-4-6-13(7-5-12)17-9-8-15-14(17)18/h4-9,11,16H,3,10H2,1-2H3,(H,15,18). The second-order valence-electron chi connectivity index (χ2n) is 4.93. The number of aromatic nitrogens is 2. The zero-order valence-corrected chi connectivity index (χ0v) is 12.9. The topological polar surface area (TPSA) is 84.0 Å². The molecule has 1 heterocycles. The molecule has 2 N–H and O–H groups in total.